The Kier molecular flexibility index (Phi) is 4.99. The third-order valence-electron chi connectivity index (χ3n) is 2.63. The van der Waals surface area contributed by atoms with E-state index in [1.165, 1.54) is 6.07 Å². The van der Waals surface area contributed by atoms with Gasteiger partial charge in [0.2, 0.25) is 0 Å². The van der Waals surface area contributed by atoms with Crippen molar-refractivity contribution in [2.75, 3.05) is 20.6 Å². The standard InChI is InChI=1S/C12H19N5O2/c1-15-12(16-11(13)14)17(2)7-6-8-4-3-5-9(18)10(8)19/h3-5,18-19H,6-7H2,1-2H3,(H4,13,14,15,16). The summed E-state index contributed by atoms with van der Waals surface area (Å²) in [6, 6.07) is 4.84. The molecule has 104 valence electrons. The Morgan fingerprint density at radius 1 is 1.47 bits per heavy atom. The molecule has 0 saturated carbocycles. The summed E-state index contributed by atoms with van der Waals surface area (Å²) in [6.45, 7) is 0.546. The van der Waals surface area contributed by atoms with E-state index in [-0.39, 0.29) is 17.5 Å². The minimum Gasteiger partial charge on any atom is -0.504 e. The SMILES string of the molecule is C/N=C(/NC(=N)N)N(C)CCc1cccc(O)c1O. The lowest BCUT2D eigenvalue weighted by atomic mass is 10.1. The molecule has 0 heterocycles. The highest BCUT2D eigenvalue weighted by atomic mass is 16.3. The summed E-state index contributed by atoms with van der Waals surface area (Å²) in [5.41, 5.74) is 5.89. The molecule has 0 aromatic heterocycles. The number of nitrogens with one attached hydrogen (secondary N) is 2. The number of hydrogen-bond acceptors (Lipinski definition) is 4. The maximum Gasteiger partial charge on any atom is 0.200 e. The first-order valence-electron chi connectivity index (χ1n) is 5.74. The maximum absolute atomic E-state index is 9.68. The van der Waals surface area contributed by atoms with Gasteiger partial charge in [-0.1, -0.05) is 12.1 Å². The van der Waals surface area contributed by atoms with Gasteiger partial charge in [-0.05, 0) is 18.1 Å². The van der Waals surface area contributed by atoms with E-state index in [0.717, 1.165) is 0 Å². The number of para-hydroxylation sites is 1. The Morgan fingerprint density at radius 3 is 2.74 bits per heavy atom. The van der Waals surface area contributed by atoms with E-state index in [0.29, 0.717) is 24.5 Å². The summed E-state index contributed by atoms with van der Waals surface area (Å²) in [7, 11) is 3.38. The fourth-order valence-electron chi connectivity index (χ4n) is 1.62. The second-order valence-corrected chi connectivity index (χ2v) is 4.04. The van der Waals surface area contributed by atoms with Crippen LogP contribution in [0.4, 0.5) is 0 Å². The lowest BCUT2D eigenvalue weighted by molar-refractivity contribution is 0.396. The van der Waals surface area contributed by atoms with Crippen molar-refractivity contribution in [2.45, 2.75) is 6.42 Å². The molecule has 0 aliphatic heterocycles. The summed E-state index contributed by atoms with van der Waals surface area (Å²) in [6.07, 6.45) is 0.523. The van der Waals surface area contributed by atoms with Crippen LogP contribution < -0.4 is 11.1 Å². The minimum atomic E-state index is -0.187. The van der Waals surface area contributed by atoms with Crippen LogP contribution >= 0.6 is 0 Å². The number of benzene rings is 1. The number of rotatable bonds is 3. The van der Waals surface area contributed by atoms with Gasteiger partial charge in [-0.15, -0.1) is 0 Å². The van der Waals surface area contributed by atoms with Gasteiger partial charge in [0.15, 0.2) is 23.4 Å². The Balaban J connectivity index is 2.65. The van der Waals surface area contributed by atoms with Gasteiger partial charge in [0.05, 0.1) is 0 Å². The maximum atomic E-state index is 9.68. The van der Waals surface area contributed by atoms with Crippen LogP contribution in [0.5, 0.6) is 11.5 Å². The normalized spacial score (nSPS) is 11.2. The number of guanidine groups is 2. The molecule has 7 nitrogen and oxygen atoms in total. The molecular formula is C12H19N5O2. The van der Waals surface area contributed by atoms with E-state index >= 15 is 0 Å². The summed E-state index contributed by atoms with van der Waals surface area (Å²) in [4.78, 5) is 5.75. The second-order valence-electron chi connectivity index (χ2n) is 4.04. The van der Waals surface area contributed by atoms with E-state index < -0.39 is 0 Å². The van der Waals surface area contributed by atoms with Crippen molar-refractivity contribution in [3.63, 3.8) is 0 Å². The van der Waals surface area contributed by atoms with E-state index in [1.807, 2.05) is 0 Å². The number of hydrogen-bond donors (Lipinski definition) is 5. The molecule has 19 heavy (non-hydrogen) atoms. The molecule has 0 aliphatic carbocycles. The number of phenolic OH excluding ortho intramolecular Hbond substituents is 2. The van der Waals surface area contributed by atoms with Crippen molar-refractivity contribution in [1.29, 1.82) is 5.41 Å². The molecule has 0 bridgehead atoms. The molecule has 0 atom stereocenters. The zero-order chi connectivity index (χ0) is 14.4. The molecule has 7 heteroatoms. The van der Waals surface area contributed by atoms with Gasteiger partial charge in [-0.3, -0.25) is 15.7 Å². The van der Waals surface area contributed by atoms with Gasteiger partial charge in [-0.25, -0.2) is 0 Å². The number of aliphatic imine (C=N–C) groups is 1. The highest BCUT2D eigenvalue weighted by Gasteiger charge is 2.10. The third-order valence-corrected chi connectivity index (χ3v) is 2.63. The first-order chi connectivity index (χ1) is 8.95. The minimum absolute atomic E-state index is 0.106. The molecule has 1 rings (SSSR count). The lowest BCUT2D eigenvalue weighted by Crippen LogP contribution is -2.45. The van der Waals surface area contributed by atoms with Gasteiger partial charge < -0.3 is 20.8 Å². The molecule has 0 radical (unpaired) electrons. The molecule has 1 aromatic rings. The van der Waals surface area contributed by atoms with Gasteiger partial charge in [0, 0.05) is 20.6 Å². The van der Waals surface area contributed by atoms with Crippen molar-refractivity contribution in [1.82, 2.24) is 10.2 Å². The molecule has 0 spiro atoms. The average molecular weight is 265 g/mol. The van der Waals surface area contributed by atoms with Crippen molar-refractivity contribution in [2.24, 2.45) is 10.7 Å². The van der Waals surface area contributed by atoms with Gasteiger partial charge in [0.25, 0.3) is 0 Å². The van der Waals surface area contributed by atoms with Crippen LogP contribution in [0.1, 0.15) is 5.56 Å². The molecule has 0 unspecified atom stereocenters. The van der Waals surface area contributed by atoms with Crippen LogP contribution in [-0.4, -0.2) is 47.7 Å². The molecule has 6 N–H and O–H groups in total. The molecule has 0 aliphatic rings. The highest BCUT2D eigenvalue weighted by molar-refractivity contribution is 5.96. The molecule has 0 saturated heterocycles. The molecular weight excluding hydrogens is 246 g/mol. The van der Waals surface area contributed by atoms with Crippen LogP contribution in [0.3, 0.4) is 0 Å². The number of nitrogens with zero attached hydrogens (tertiary/aromatic N) is 2. The average Bonchev–Trinajstić information content (AvgIpc) is 2.37. The predicted octanol–water partition coefficient (Wildman–Crippen LogP) is 0.0410. The molecule has 0 amide bonds. The number of phenols is 2. The smallest absolute Gasteiger partial charge is 0.200 e. The fourth-order valence-corrected chi connectivity index (χ4v) is 1.62. The Morgan fingerprint density at radius 2 is 2.16 bits per heavy atom. The zero-order valence-corrected chi connectivity index (χ0v) is 11.0. The van der Waals surface area contributed by atoms with E-state index in [9.17, 15) is 10.2 Å². The largest absolute Gasteiger partial charge is 0.504 e. The summed E-state index contributed by atoms with van der Waals surface area (Å²) < 4.78 is 0. The quantitative estimate of drug-likeness (QED) is 0.300. The van der Waals surface area contributed by atoms with Crippen LogP contribution in [0.2, 0.25) is 0 Å². The van der Waals surface area contributed by atoms with Crippen molar-refractivity contribution < 1.29 is 10.2 Å². The van der Waals surface area contributed by atoms with Crippen molar-refractivity contribution >= 4 is 11.9 Å². The Hall–Kier alpha value is -2.44. The van der Waals surface area contributed by atoms with E-state index in [4.69, 9.17) is 11.1 Å². The van der Waals surface area contributed by atoms with Crippen LogP contribution in [0.25, 0.3) is 0 Å². The Bertz CT molecular complexity index is 487. The lowest BCUT2D eigenvalue weighted by Gasteiger charge is -2.21. The van der Waals surface area contributed by atoms with Crippen molar-refractivity contribution in [3.05, 3.63) is 23.8 Å². The fraction of sp³-hybridized carbons (Fsp3) is 0.333. The van der Waals surface area contributed by atoms with Crippen LogP contribution in [0, 0.1) is 5.41 Å². The highest BCUT2D eigenvalue weighted by Crippen LogP contribution is 2.28. The third kappa shape index (κ3) is 4.06. The van der Waals surface area contributed by atoms with E-state index in [1.54, 1.807) is 31.1 Å². The second kappa shape index (κ2) is 6.48. The van der Waals surface area contributed by atoms with Crippen LogP contribution in [-0.2, 0) is 6.42 Å². The number of aromatic hydroxyl groups is 2. The molecule has 1 aromatic carbocycles. The first-order valence-corrected chi connectivity index (χ1v) is 5.74. The summed E-state index contributed by atoms with van der Waals surface area (Å²) in [5, 5.41) is 28.9. The summed E-state index contributed by atoms with van der Waals surface area (Å²) in [5.74, 6) is 0.0385. The van der Waals surface area contributed by atoms with Crippen LogP contribution in [0.15, 0.2) is 23.2 Å². The number of nitrogens with two attached hydrogens (primary N) is 1. The molecule has 0 fully saturated rings. The van der Waals surface area contributed by atoms with E-state index in [2.05, 4.69) is 10.3 Å². The topological polar surface area (TPSA) is 118 Å². The van der Waals surface area contributed by atoms with Gasteiger partial charge in [0.1, 0.15) is 0 Å². The predicted molar refractivity (Wildman–Crippen MR) is 74.5 cm³/mol. The zero-order valence-electron chi connectivity index (χ0n) is 11.0. The summed E-state index contributed by atoms with van der Waals surface area (Å²) >= 11 is 0. The van der Waals surface area contributed by atoms with Gasteiger partial charge in [-0.2, -0.15) is 0 Å². The van der Waals surface area contributed by atoms with Crippen molar-refractivity contribution in [3.8, 4) is 11.5 Å². The number of likely N-dealkylation sites (N-methyl/N-ethyl adjacent to an activating group) is 1. The monoisotopic (exact) mass is 265 g/mol. The first kappa shape index (κ1) is 14.6. The van der Waals surface area contributed by atoms with Gasteiger partial charge >= 0.3 is 0 Å². The Labute approximate surface area is 111 Å².